The van der Waals surface area contributed by atoms with Gasteiger partial charge < -0.3 is 20.3 Å². The van der Waals surface area contributed by atoms with Gasteiger partial charge in [0.25, 0.3) is 0 Å². The number of ether oxygens (including phenoxy) is 1. The zero-order valence-corrected chi connectivity index (χ0v) is 19.8. The Kier molecular flexibility index (Phi) is 10.8. The molecule has 0 saturated heterocycles. The van der Waals surface area contributed by atoms with Gasteiger partial charge in [0.2, 0.25) is 5.91 Å². The molecule has 0 bridgehead atoms. The number of carbonyl (C=O) groups excluding carboxylic acids is 1. The van der Waals surface area contributed by atoms with Crippen LogP contribution in [-0.2, 0) is 16.0 Å². The molecule has 29 heavy (non-hydrogen) atoms. The van der Waals surface area contributed by atoms with E-state index < -0.39 is 0 Å². The molecule has 0 aromatic heterocycles. The molecule has 3 rings (SSSR count). The lowest BCUT2D eigenvalue weighted by molar-refractivity contribution is -0.117. The molecular weight excluding hydrogens is 479 g/mol. The molecule has 162 valence electrons. The van der Waals surface area contributed by atoms with Gasteiger partial charge in [0.05, 0.1) is 12.6 Å². The Bertz CT molecular complexity index is 662. The van der Waals surface area contributed by atoms with Crippen molar-refractivity contribution in [3.63, 3.8) is 0 Å². The number of guanidine groups is 1. The molecule has 0 unspecified atom stereocenters. The standard InChI is InChI=1S/C22H34N4O2.HI/c1-23-22(24-14-8-16-28-19-11-3-2-4-12-19)25-17-21(27)26-15-7-10-18-9-5-6-13-20(18)26;/h5-6,9,13,19H,2-4,7-8,10-12,14-17H2,1H3,(H2,23,24,25);1H. The average Bonchev–Trinajstić information content (AvgIpc) is 2.75. The van der Waals surface area contributed by atoms with Crippen LogP contribution >= 0.6 is 24.0 Å². The predicted octanol–water partition coefficient (Wildman–Crippen LogP) is 3.49. The maximum atomic E-state index is 12.7. The topological polar surface area (TPSA) is 66.0 Å². The molecule has 0 radical (unpaired) electrons. The fraction of sp³-hybridized carbons (Fsp3) is 0.636. The monoisotopic (exact) mass is 514 g/mol. The second kappa shape index (κ2) is 13.1. The second-order valence-corrected chi connectivity index (χ2v) is 7.61. The second-order valence-electron chi connectivity index (χ2n) is 7.61. The fourth-order valence-corrected chi connectivity index (χ4v) is 4.03. The van der Waals surface area contributed by atoms with Crippen molar-refractivity contribution in [1.29, 1.82) is 0 Å². The number of benzene rings is 1. The van der Waals surface area contributed by atoms with Gasteiger partial charge in [-0.15, -0.1) is 24.0 Å². The number of rotatable bonds is 7. The Morgan fingerprint density at radius 1 is 1.17 bits per heavy atom. The Morgan fingerprint density at radius 2 is 1.97 bits per heavy atom. The quantitative estimate of drug-likeness (QED) is 0.253. The Morgan fingerprint density at radius 3 is 2.76 bits per heavy atom. The number of nitrogens with one attached hydrogen (secondary N) is 2. The molecule has 1 heterocycles. The molecule has 7 heteroatoms. The van der Waals surface area contributed by atoms with Crippen molar-refractivity contribution in [3.05, 3.63) is 29.8 Å². The number of aliphatic imine (C=N–C) groups is 1. The largest absolute Gasteiger partial charge is 0.378 e. The van der Waals surface area contributed by atoms with E-state index in [-0.39, 0.29) is 36.4 Å². The molecule has 2 N–H and O–H groups in total. The van der Waals surface area contributed by atoms with Crippen molar-refractivity contribution in [2.45, 2.75) is 57.5 Å². The number of anilines is 1. The van der Waals surface area contributed by atoms with E-state index in [0.717, 1.165) is 44.6 Å². The minimum atomic E-state index is 0. The molecule has 2 aliphatic rings. The summed E-state index contributed by atoms with van der Waals surface area (Å²) in [5.41, 5.74) is 2.30. The van der Waals surface area contributed by atoms with Crippen LogP contribution in [0.5, 0.6) is 0 Å². The van der Waals surface area contributed by atoms with Gasteiger partial charge in [-0.3, -0.25) is 9.79 Å². The van der Waals surface area contributed by atoms with E-state index in [2.05, 4.69) is 21.7 Å². The Balaban J connectivity index is 0.00000300. The van der Waals surface area contributed by atoms with Crippen LogP contribution in [0.4, 0.5) is 5.69 Å². The van der Waals surface area contributed by atoms with E-state index in [1.54, 1.807) is 7.05 Å². The highest BCUT2D eigenvalue weighted by molar-refractivity contribution is 14.0. The number of carbonyl (C=O) groups is 1. The van der Waals surface area contributed by atoms with Crippen LogP contribution in [0.25, 0.3) is 0 Å². The number of hydrogen-bond donors (Lipinski definition) is 2. The van der Waals surface area contributed by atoms with Gasteiger partial charge in [0.1, 0.15) is 0 Å². The summed E-state index contributed by atoms with van der Waals surface area (Å²) >= 11 is 0. The first-order chi connectivity index (χ1) is 13.8. The van der Waals surface area contributed by atoms with Gasteiger partial charge in [-0.05, 0) is 43.7 Å². The summed E-state index contributed by atoms with van der Waals surface area (Å²) in [6.07, 6.45) is 9.81. The van der Waals surface area contributed by atoms with Crippen LogP contribution in [-0.4, -0.2) is 51.3 Å². The van der Waals surface area contributed by atoms with Crippen molar-refractivity contribution in [2.75, 3.05) is 38.2 Å². The number of para-hydroxylation sites is 1. The molecule has 6 nitrogen and oxygen atoms in total. The van der Waals surface area contributed by atoms with Crippen LogP contribution in [0.2, 0.25) is 0 Å². The number of nitrogens with zero attached hydrogens (tertiary/aromatic N) is 2. The van der Waals surface area contributed by atoms with E-state index in [1.807, 2.05) is 23.1 Å². The number of aryl methyl sites for hydroxylation is 1. The molecule has 1 aliphatic heterocycles. The maximum absolute atomic E-state index is 12.7. The average molecular weight is 514 g/mol. The Labute approximate surface area is 191 Å². The van der Waals surface area contributed by atoms with Gasteiger partial charge in [-0.2, -0.15) is 0 Å². The van der Waals surface area contributed by atoms with Crippen LogP contribution < -0.4 is 15.5 Å². The maximum Gasteiger partial charge on any atom is 0.246 e. The van der Waals surface area contributed by atoms with Crippen LogP contribution in [0, 0.1) is 0 Å². The third-order valence-corrected chi connectivity index (χ3v) is 5.56. The third-order valence-electron chi connectivity index (χ3n) is 5.56. The Hall–Kier alpha value is -1.35. The molecule has 1 saturated carbocycles. The van der Waals surface area contributed by atoms with E-state index >= 15 is 0 Å². The van der Waals surface area contributed by atoms with Crippen molar-refractivity contribution < 1.29 is 9.53 Å². The van der Waals surface area contributed by atoms with Crippen LogP contribution in [0.15, 0.2) is 29.3 Å². The van der Waals surface area contributed by atoms with Crippen LogP contribution in [0.1, 0.15) is 50.5 Å². The van der Waals surface area contributed by atoms with E-state index in [1.165, 1.54) is 37.7 Å². The minimum Gasteiger partial charge on any atom is -0.378 e. The fourth-order valence-electron chi connectivity index (χ4n) is 4.03. The van der Waals surface area contributed by atoms with Gasteiger partial charge in [-0.25, -0.2) is 0 Å². The van der Waals surface area contributed by atoms with Crippen LogP contribution in [0.3, 0.4) is 0 Å². The summed E-state index contributed by atoms with van der Waals surface area (Å²) in [5.74, 6) is 0.743. The van der Waals surface area contributed by atoms with Crippen molar-refractivity contribution >= 4 is 41.5 Å². The first-order valence-corrected chi connectivity index (χ1v) is 10.7. The number of amides is 1. The van der Waals surface area contributed by atoms with E-state index in [4.69, 9.17) is 4.74 Å². The highest BCUT2D eigenvalue weighted by Crippen LogP contribution is 2.26. The van der Waals surface area contributed by atoms with Gasteiger partial charge in [-0.1, -0.05) is 37.5 Å². The molecule has 0 spiro atoms. The van der Waals surface area contributed by atoms with Gasteiger partial charge >= 0.3 is 0 Å². The van der Waals surface area contributed by atoms with Crippen molar-refractivity contribution in [1.82, 2.24) is 10.6 Å². The minimum absolute atomic E-state index is 0. The normalized spacial score (nSPS) is 17.3. The van der Waals surface area contributed by atoms with Gasteiger partial charge in [0.15, 0.2) is 5.96 Å². The zero-order valence-electron chi connectivity index (χ0n) is 17.5. The number of fused-ring (bicyclic) bond motifs is 1. The van der Waals surface area contributed by atoms with E-state index in [9.17, 15) is 4.79 Å². The lowest BCUT2D eigenvalue weighted by atomic mass is 9.98. The summed E-state index contributed by atoms with van der Waals surface area (Å²) in [6, 6.07) is 8.17. The highest BCUT2D eigenvalue weighted by atomic mass is 127. The molecule has 0 atom stereocenters. The SMILES string of the molecule is CN=C(NCCCOC1CCCCC1)NCC(=O)N1CCCc2ccccc21.I. The first kappa shape index (κ1) is 23.9. The van der Waals surface area contributed by atoms with Crippen molar-refractivity contribution in [2.24, 2.45) is 4.99 Å². The van der Waals surface area contributed by atoms with E-state index in [0.29, 0.717) is 12.1 Å². The molecule has 1 fully saturated rings. The highest BCUT2D eigenvalue weighted by Gasteiger charge is 2.22. The number of halogens is 1. The summed E-state index contributed by atoms with van der Waals surface area (Å²) in [4.78, 5) is 18.8. The molecule has 1 aromatic carbocycles. The summed E-state index contributed by atoms with van der Waals surface area (Å²) < 4.78 is 5.95. The lowest BCUT2D eigenvalue weighted by Crippen LogP contribution is -2.46. The lowest BCUT2D eigenvalue weighted by Gasteiger charge is -2.29. The molecular formula is C22H35IN4O2. The number of hydrogen-bond acceptors (Lipinski definition) is 3. The summed E-state index contributed by atoms with van der Waals surface area (Å²) in [7, 11) is 1.73. The smallest absolute Gasteiger partial charge is 0.246 e. The predicted molar refractivity (Wildman–Crippen MR) is 129 cm³/mol. The molecule has 1 aromatic rings. The molecule has 1 aliphatic carbocycles. The van der Waals surface area contributed by atoms with Crippen molar-refractivity contribution in [3.8, 4) is 0 Å². The summed E-state index contributed by atoms with van der Waals surface area (Å²) in [5, 5.41) is 6.42. The zero-order chi connectivity index (χ0) is 19.6. The summed E-state index contributed by atoms with van der Waals surface area (Å²) in [6.45, 7) is 2.58. The first-order valence-electron chi connectivity index (χ1n) is 10.7. The third kappa shape index (κ3) is 7.44. The van der Waals surface area contributed by atoms with Gasteiger partial charge in [0, 0.05) is 32.4 Å². The molecule has 1 amide bonds.